The van der Waals surface area contributed by atoms with Gasteiger partial charge < -0.3 is 10.6 Å². The average molecular weight is 252 g/mol. The zero-order chi connectivity index (χ0) is 12.4. The molecule has 0 radical (unpaired) electrons. The van der Waals surface area contributed by atoms with E-state index in [1.54, 1.807) is 4.90 Å². The van der Waals surface area contributed by atoms with Gasteiger partial charge in [0.1, 0.15) is 0 Å². The van der Waals surface area contributed by atoms with Crippen LogP contribution in [0.2, 0.25) is 0 Å². The van der Waals surface area contributed by atoms with Crippen molar-refractivity contribution in [3.8, 4) is 0 Å². The number of carbonyl (C=O) groups excluding carboxylic acids is 2. The zero-order valence-electron chi connectivity index (χ0n) is 9.81. The molecule has 2 rings (SSSR count). The lowest BCUT2D eigenvalue weighted by atomic mass is 9.97. The molecule has 1 unspecified atom stereocenters. The number of rotatable bonds is 2. The van der Waals surface area contributed by atoms with Crippen LogP contribution in [0.3, 0.4) is 0 Å². The maximum absolute atomic E-state index is 12.2. The molecule has 0 aliphatic carbocycles. The number of nitrogens with two attached hydrogens (primary N) is 1. The lowest BCUT2D eigenvalue weighted by molar-refractivity contribution is -0.123. The predicted molar refractivity (Wildman–Crippen MR) is 66.9 cm³/mol. The van der Waals surface area contributed by atoms with Crippen molar-refractivity contribution < 1.29 is 9.59 Å². The molecule has 0 spiro atoms. The van der Waals surface area contributed by atoms with Gasteiger partial charge in [0.15, 0.2) is 0 Å². The fourth-order valence-electron chi connectivity index (χ4n) is 2.13. The summed E-state index contributed by atoms with van der Waals surface area (Å²) >= 11 is 1.45. The van der Waals surface area contributed by atoms with Gasteiger partial charge in [0.05, 0.1) is 10.8 Å². The van der Waals surface area contributed by atoms with E-state index in [2.05, 4.69) is 0 Å². The van der Waals surface area contributed by atoms with Gasteiger partial charge >= 0.3 is 0 Å². The fourth-order valence-corrected chi connectivity index (χ4v) is 3.02. The molecule has 17 heavy (non-hydrogen) atoms. The number of carbonyl (C=O) groups is 2. The van der Waals surface area contributed by atoms with E-state index in [1.165, 1.54) is 11.3 Å². The van der Waals surface area contributed by atoms with E-state index in [0.29, 0.717) is 6.54 Å². The SMILES string of the molecule is Cc1ccsc1C(=O)N1CCCC(C(N)=O)C1. The maximum Gasteiger partial charge on any atom is 0.264 e. The number of likely N-dealkylation sites (tertiary alicyclic amines) is 1. The molecule has 0 bridgehead atoms. The molecule has 2 N–H and O–H groups in total. The Kier molecular flexibility index (Phi) is 3.47. The van der Waals surface area contributed by atoms with Crippen molar-refractivity contribution >= 4 is 23.2 Å². The minimum atomic E-state index is -0.301. The number of hydrogen-bond acceptors (Lipinski definition) is 3. The smallest absolute Gasteiger partial charge is 0.264 e. The van der Waals surface area contributed by atoms with E-state index < -0.39 is 0 Å². The fraction of sp³-hybridized carbons (Fsp3) is 0.500. The number of aryl methyl sites for hydroxylation is 1. The molecule has 1 aromatic heterocycles. The standard InChI is InChI=1S/C12H16N2O2S/c1-8-4-6-17-10(8)12(16)14-5-2-3-9(7-14)11(13)15/h4,6,9H,2-3,5,7H2,1H3,(H2,13,15). The van der Waals surface area contributed by atoms with Crippen molar-refractivity contribution in [3.63, 3.8) is 0 Å². The van der Waals surface area contributed by atoms with Gasteiger partial charge in [-0.1, -0.05) is 0 Å². The van der Waals surface area contributed by atoms with Crippen molar-refractivity contribution in [2.75, 3.05) is 13.1 Å². The Bertz CT molecular complexity index is 441. The normalized spacial score (nSPS) is 20.3. The minimum absolute atomic E-state index is 0.0310. The van der Waals surface area contributed by atoms with Gasteiger partial charge in [-0.25, -0.2) is 0 Å². The highest BCUT2D eigenvalue weighted by Gasteiger charge is 2.28. The molecule has 4 nitrogen and oxygen atoms in total. The zero-order valence-corrected chi connectivity index (χ0v) is 10.6. The van der Waals surface area contributed by atoms with Crippen molar-refractivity contribution in [2.45, 2.75) is 19.8 Å². The number of hydrogen-bond donors (Lipinski definition) is 1. The number of piperidine rings is 1. The van der Waals surface area contributed by atoms with Gasteiger partial charge in [-0.2, -0.15) is 0 Å². The van der Waals surface area contributed by atoms with Crippen molar-refractivity contribution in [1.82, 2.24) is 4.90 Å². The molecule has 1 aliphatic heterocycles. The summed E-state index contributed by atoms with van der Waals surface area (Å²) in [4.78, 5) is 25.9. The molecule has 1 aromatic rings. The highest BCUT2D eigenvalue weighted by molar-refractivity contribution is 7.12. The quantitative estimate of drug-likeness (QED) is 0.864. The Morgan fingerprint density at radius 1 is 1.53 bits per heavy atom. The highest BCUT2D eigenvalue weighted by Crippen LogP contribution is 2.22. The molecule has 1 aliphatic rings. The third-order valence-corrected chi connectivity index (χ3v) is 4.17. The van der Waals surface area contributed by atoms with Crippen LogP contribution in [0.15, 0.2) is 11.4 Å². The lowest BCUT2D eigenvalue weighted by Gasteiger charge is -2.31. The first-order valence-electron chi connectivity index (χ1n) is 5.72. The molecular formula is C12H16N2O2S. The van der Waals surface area contributed by atoms with Crippen molar-refractivity contribution in [3.05, 3.63) is 21.9 Å². The summed E-state index contributed by atoms with van der Waals surface area (Å²) in [5.41, 5.74) is 6.30. The summed E-state index contributed by atoms with van der Waals surface area (Å²) < 4.78 is 0. The van der Waals surface area contributed by atoms with E-state index >= 15 is 0 Å². The van der Waals surface area contributed by atoms with Crippen LogP contribution in [0.1, 0.15) is 28.1 Å². The summed E-state index contributed by atoms with van der Waals surface area (Å²) in [5.74, 6) is -0.457. The van der Waals surface area contributed by atoms with Crippen LogP contribution in [-0.4, -0.2) is 29.8 Å². The van der Waals surface area contributed by atoms with Crippen LogP contribution < -0.4 is 5.73 Å². The second kappa shape index (κ2) is 4.87. The maximum atomic E-state index is 12.2. The largest absolute Gasteiger partial charge is 0.369 e. The Hall–Kier alpha value is -1.36. The van der Waals surface area contributed by atoms with Crippen molar-refractivity contribution in [1.29, 1.82) is 0 Å². The molecule has 1 atom stereocenters. The second-order valence-electron chi connectivity index (χ2n) is 4.43. The van der Waals surface area contributed by atoms with Crippen LogP contribution in [0, 0.1) is 12.8 Å². The number of primary amides is 1. The van der Waals surface area contributed by atoms with Crippen LogP contribution in [0.4, 0.5) is 0 Å². The Balaban J connectivity index is 2.10. The predicted octanol–water partition coefficient (Wildman–Crippen LogP) is 1.39. The monoisotopic (exact) mass is 252 g/mol. The average Bonchev–Trinajstić information content (AvgIpc) is 2.74. The Labute approximate surface area is 104 Å². The molecule has 92 valence electrons. The molecule has 5 heteroatoms. The molecular weight excluding hydrogens is 236 g/mol. The van der Waals surface area contributed by atoms with Gasteiger partial charge in [0.25, 0.3) is 5.91 Å². The topological polar surface area (TPSA) is 63.4 Å². The molecule has 2 amide bonds. The van der Waals surface area contributed by atoms with E-state index in [4.69, 9.17) is 5.73 Å². The summed E-state index contributed by atoms with van der Waals surface area (Å²) in [6.07, 6.45) is 1.65. The molecule has 1 saturated heterocycles. The Morgan fingerprint density at radius 2 is 2.29 bits per heavy atom. The lowest BCUT2D eigenvalue weighted by Crippen LogP contribution is -2.44. The molecule has 0 aromatic carbocycles. The van der Waals surface area contributed by atoms with Gasteiger partial charge in [-0.15, -0.1) is 11.3 Å². The minimum Gasteiger partial charge on any atom is -0.369 e. The van der Waals surface area contributed by atoms with Crippen LogP contribution in [0.5, 0.6) is 0 Å². The first kappa shape index (κ1) is 12.1. The number of amides is 2. The van der Waals surface area contributed by atoms with E-state index in [1.807, 2.05) is 18.4 Å². The van der Waals surface area contributed by atoms with Crippen LogP contribution >= 0.6 is 11.3 Å². The second-order valence-corrected chi connectivity index (χ2v) is 5.34. The summed E-state index contributed by atoms with van der Waals surface area (Å²) in [7, 11) is 0. The van der Waals surface area contributed by atoms with Gasteiger partial charge in [-0.3, -0.25) is 9.59 Å². The van der Waals surface area contributed by atoms with E-state index in [0.717, 1.165) is 29.8 Å². The number of thiophene rings is 1. The molecule has 2 heterocycles. The highest BCUT2D eigenvalue weighted by atomic mass is 32.1. The van der Waals surface area contributed by atoms with Gasteiger partial charge in [0.2, 0.25) is 5.91 Å². The van der Waals surface area contributed by atoms with Gasteiger partial charge in [0, 0.05) is 13.1 Å². The first-order valence-corrected chi connectivity index (χ1v) is 6.60. The van der Waals surface area contributed by atoms with Gasteiger partial charge in [-0.05, 0) is 36.8 Å². The molecule has 0 saturated carbocycles. The summed E-state index contributed by atoms with van der Waals surface area (Å²) in [6.45, 7) is 3.12. The first-order chi connectivity index (χ1) is 8.09. The van der Waals surface area contributed by atoms with E-state index in [9.17, 15) is 9.59 Å². The summed E-state index contributed by atoms with van der Waals surface area (Å²) in [5, 5.41) is 1.91. The third-order valence-electron chi connectivity index (χ3n) is 3.17. The molecule has 1 fully saturated rings. The third kappa shape index (κ3) is 2.49. The van der Waals surface area contributed by atoms with Crippen LogP contribution in [-0.2, 0) is 4.79 Å². The Morgan fingerprint density at radius 3 is 2.88 bits per heavy atom. The number of nitrogens with zero attached hydrogens (tertiary/aromatic N) is 1. The van der Waals surface area contributed by atoms with Crippen molar-refractivity contribution in [2.24, 2.45) is 11.7 Å². The summed E-state index contributed by atoms with van der Waals surface area (Å²) in [6, 6.07) is 1.94. The van der Waals surface area contributed by atoms with Crippen LogP contribution in [0.25, 0.3) is 0 Å². The van der Waals surface area contributed by atoms with E-state index in [-0.39, 0.29) is 17.7 Å².